The fourth-order valence-corrected chi connectivity index (χ4v) is 2.76. The number of hydrogen-bond donors (Lipinski definition) is 1. The molecule has 2 rings (SSSR count). The lowest BCUT2D eigenvalue weighted by atomic mass is 9.75. The third-order valence-corrected chi connectivity index (χ3v) is 4.07. The smallest absolute Gasteiger partial charge is 0.276 e. The first kappa shape index (κ1) is 14.6. The molecule has 1 aromatic rings. The van der Waals surface area contributed by atoms with Crippen molar-refractivity contribution in [3.8, 4) is 0 Å². The maximum atomic E-state index is 10.9. The summed E-state index contributed by atoms with van der Waals surface area (Å²) in [5.74, 6) is 1.49. The highest BCUT2D eigenvalue weighted by atomic mass is 16.6. The Kier molecular flexibility index (Phi) is 3.83. The van der Waals surface area contributed by atoms with Crippen LogP contribution >= 0.6 is 0 Å². The second-order valence-corrected chi connectivity index (χ2v) is 6.49. The quantitative estimate of drug-likeness (QED) is 0.664. The summed E-state index contributed by atoms with van der Waals surface area (Å²) in [6.45, 7) is 8.52. The van der Waals surface area contributed by atoms with Gasteiger partial charge < -0.3 is 10.6 Å². The second kappa shape index (κ2) is 5.26. The standard InChI is InChI=1S/C14H22N4O2/c1-14(2,3)10-4-6-17(7-5-10)13-9-11(18(19)20)8-12(15)16-13/h8-10H,4-7H2,1-3H3,(H2,15,16). The Morgan fingerprint density at radius 3 is 2.45 bits per heavy atom. The molecule has 1 fully saturated rings. The molecular weight excluding hydrogens is 256 g/mol. The molecule has 0 radical (unpaired) electrons. The van der Waals surface area contributed by atoms with Crippen LogP contribution in [0.1, 0.15) is 33.6 Å². The Morgan fingerprint density at radius 2 is 1.95 bits per heavy atom. The van der Waals surface area contributed by atoms with Crippen LogP contribution in [0.4, 0.5) is 17.3 Å². The van der Waals surface area contributed by atoms with Gasteiger partial charge in [0.1, 0.15) is 11.6 Å². The van der Waals surface area contributed by atoms with Crippen LogP contribution in [0.15, 0.2) is 12.1 Å². The fraction of sp³-hybridized carbons (Fsp3) is 0.643. The summed E-state index contributed by atoms with van der Waals surface area (Å²) in [5.41, 5.74) is 5.97. The Labute approximate surface area is 119 Å². The van der Waals surface area contributed by atoms with Gasteiger partial charge in [-0.2, -0.15) is 0 Å². The molecule has 20 heavy (non-hydrogen) atoms. The number of anilines is 2. The number of nitrogen functional groups attached to an aromatic ring is 1. The fourth-order valence-electron chi connectivity index (χ4n) is 2.76. The number of hydrogen-bond acceptors (Lipinski definition) is 5. The summed E-state index contributed by atoms with van der Waals surface area (Å²) < 4.78 is 0. The molecule has 2 heterocycles. The third kappa shape index (κ3) is 3.18. The van der Waals surface area contributed by atoms with E-state index in [1.807, 2.05) is 0 Å². The SMILES string of the molecule is CC(C)(C)C1CCN(c2cc([N+](=O)[O-])cc(N)n2)CC1. The monoisotopic (exact) mass is 278 g/mol. The van der Waals surface area contributed by atoms with Crippen molar-refractivity contribution < 1.29 is 4.92 Å². The summed E-state index contributed by atoms with van der Waals surface area (Å²) >= 11 is 0. The summed E-state index contributed by atoms with van der Waals surface area (Å²) in [7, 11) is 0. The first-order valence-corrected chi connectivity index (χ1v) is 6.94. The van der Waals surface area contributed by atoms with E-state index in [0.717, 1.165) is 25.9 Å². The molecule has 0 bridgehead atoms. The van der Waals surface area contributed by atoms with Crippen molar-refractivity contribution in [1.29, 1.82) is 0 Å². The van der Waals surface area contributed by atoms with Crippen LogP contribution in [0.25, 0.3) is 0 Å². The summed E-state index contributed by atoms with van der Waals surface area (Å²) in [5, 5.41) is 10.9. The molecule has 1 aromatic heterocycles. The largest absolute Gasteiger partial charge is 0.383 e. The number of rotatable bonds is 2. The predicted octanol–water partition coefficient (Wildman–Crippen LogP) is 2.83. The van der Waals surface area contributed by atoms with Gasteiger partial charge in [0.25, 0.3) is 5.69 Å². The average molecular weight is 278 g/mol. The van der Waals surface area contributed by atoms with Crippen LogP contribution in [0.3, 0.4) is 0 Å². The minimum absolute atomic E-state index is 0.00504. The Bertz CT molecular complexity index is 502. The number of pyridine rings is 1. The van der Waals surface area contributed by atoms with Crippen molar-refractivity contribution in [3.05, 3.63) is 22.2 Å². The maximum Gasteiger partial charge on any atom is 0.276 e. The number of nitrogens with zero attached hydrogens (tertiary/aromatic N) is 3. The minimum Gasteiger partial charge on any atom is -0.383 e. The molecule has 1 saturated heterocycles. The van der Waals surface area contributed by atoms with Gasteiger partial charge in [0.05, 0.1) is 17.1 Å². The van der Waals surface area contributed by atoms with Crippen molar-refractivity contribution in [2.75, 3.05) is 23.7 Å². The highest BCUT2D eigenvalue weighted by Gasteiger charge is 2.29. The molecule has 0 atom stereocenters. The molecular formula is C14H22N4O2. The highest BCUT2D eigenvalue weighted by molar-refractivity contribution is 5.54. The molecule has 110 valence electrons. The molecule has 1 aliphatic rings. The van der Waals surface area contributed by atoms with E-state index >= 15 is 0 Å². The van der Waals surface area contributed by atoms with Gasteiger partial charge in [-0.25, -0.2) is 4.98 Å². The molecule has 6 nitrogen and oxygen atoms in total. The van der Waals surface area contributed by atoms with Gasteiger partial charge in [0.15, 0.2) is 0 Å². The van der Waals surface area contributed by atoms with Crippen LogP contribution in [0.2, 0.25) is 0 Å². The van der Waals surface area contributed by atoms with E-state index in [-0.39, 0.29) is 11.5 Å². The van der Waals surface area contributed by atoms with Gasteiger partial charge in [-0.05, 0) is 24.2 Å². The van der Waals surface area contributed by atoms with Crippen LogP contribution in [-0.2, 0) is 0 Å². The zero-order chi connectivity index (χ0) is 14.9. The molecule has 0 unspecified atom stereocenters. The van der Waals surface area contributed by atoms with Crippen molar-refractivity contribution >= 4 is 17.3 Å². The lowest BCUT2D eigenvalue weighted by Gasteiger charge is -2.39. The van der Waals surface area contributed by atoms with E-state index in [1.165, 1.54) is 12.1 Å². The lowest BCUT2D eigenvalue weighted by molar-refractivity contribution is -0.384. The predicted molar refractivity (Wildman–Crippen MR) is 79.7 cm³/mol. The van der Waals surface area contributed by atoms with E-state index in [9.17, 15) is 10.1 Å². The van der Waals surface area contributed by atoms with Gasteiger partial charge in [-0.1, -0.05) is 20.8 Å². The molecule has 0 amide bonds. The second-order valence-electron chi connectivity index (χ2n) is 6.49. The van der Waals surface area contributed by atoms with Crippen LogP contribution in [0.5, 0.6) is 0 Å². The van der Waals surface area contributed by atoms with Gasteiger partial charge in [-0.15, -0.1) is 0 Å². The Balaban J connectivity index is 2.13. The van der Waals surface area contributed by atoms with Crippen LogP contribution < -0.4 is 10.6 Å². The molecule has 1 aliphatic heterocycles. The van der Waals surface area contributed by atoms with Gasteiger partial charge in [0.2, 0.25) is 0 Å². The molecule has 0 aliphatic carbocycles. The molecule has 0 saturated carbocycles. The minimum atomic E-state index is -0.427. The topological polar surface area (TPSA) is 85.3 Å². The number of piperidine rings is 1. The molecule has 0 spiro atoms. The lowest BCUT2D eigenvalue weighted by Crippen LogP contribution is -2.38. The van der Waals surface area contributed by atoms with Crippen molar-refractivity contribution in [3.63, 3.8) is 0 Å². The Hall–Kier alpha value is -1.85. The van der Waals surface area contributed by atoms with Crippen molar-refractivity contribution in [2.45, 2.75) is 33.6 Å². The van der Waals surface area contributed by atoms with E-state index in [4.69, 9.17) is 5.73 Å². The van der Waals surface area contributed by atoms with E-state index < -0.39 is 4.92 Å². The van der Waals surface area contributed by atoms with Crippen molar-refractivity contribution in [1.82, 2.24) is 4.98 Å². The van der Waals surface area contributed by atoms with Crippen LogP contribution in [0, 0.1) is 21.4 Å². The summed E-state index contributed by atoms with van der Waals surface area (Å²) in [6.07, 6.45) is 2.15. The summed E-state index contributed by atoms with van der Waals surface area (Å²) in [6, 6.07) is 2.80. The maximum absolute atomic E-state index is 10.9. The van der Waals surface area contributed by atoms with Gasteiger partial charge in [0, 0.05) is 13.1 Å². The van der Waals surface area contributed by atoms with Crippen LogP contribution in [-0.4, -0.2) is 23.0 Å². The normalized spacial score (nSPS) is 17.2. The Morgan fingerprint density at radius 1 is 1.35 bits per heavy atom. The van der Waals surface area contributed by atoms with Crippen molar-refractivity contribution in [2.24, 2.45) is 11.3 Å². The van der Waals surface area contributed by atoms with Gasteiger partial charge in [-0.3, -0.25) is 10.1 Å². The first-order valence-electron chi connectivity index (χ1n) is 6.94. The number of nitrogens with two attached hydrogens (primary N) is 1. The first-order chi connectivity index (χ1) is 9.27. The molecule has 6 heteroatoms. The van der Waals surface area contributed by atoms with Gasteiger partial charge >= 0.3 is 0 Å². The summed E-state index contributed by atoms with van der Waals surface area (Å²) in [4.78, 5) is 16.8. The van der Waals surface area contributed by atoms with E-state index in [2.05, 4.69) is 30.7 Å². The average Bonchev–Trinajstić information content (AvgIpc) is 2.37. The van der Waals surface area contributed by atoms with E-state index in [1.54, 1.807) is 0 Å². The third-order valence-electron chi connectivity index (χ3n) is 4.07. The number of aromatic nitrogens is 1. The zero-order valence-corrected chi connectivity index (χ0v) is 12.3. The highest BCUT2D eigenvalue weighted by Crippen LogP contribution is 2.35. The molecule has 0 aromatic carbocycles. The van der Waals surface area contributed by atoms with E-state index in [0.29, 0.717) is 17.2 Å². The number of nitro groups is 1. The molecule has 2 N–H and O–H groups in total. The zero-order valence-electron chi connectivity index (χ0n) is 12.3.